The summed E-state index contributed by atoms with van der Waals surface area (Å²) < 4.78 is 5.17. The number of piperidine rings is 1. The molecule has 1 saturated carbocycles. The lowest BCUT2D eigenvalue weighted by molar-refractivity contribution is 0.106. The first-order chi connectivity index (χ1) is 8.29. The molecule has 1 saturated heterocycles. The normalized spacial score (nSPS) is 23.0. The van der Waals surface area contributed by atoms with Crippen LogP contribution in [-0.4, -0.2) is 43.8 Å². The number of carbonyl (C=O) groups is 1. The average molecular weight is 240 g/mol. The molecule has 0 radical (unpaired) electrons. The average Bonchev–Trinajstić information content (AvgIpc) is 2.83. The van der Waals surface area contributed by atoms with E-state index in [1.54, 1.807) is 7.11 Å². The largest absolute Gasteiger partial charge is 0.384 e. The highest BCUT2D eigenvalue weighted by atomic mass is 16.5. The van der Waals surface area contributed by atoms with Gasteiger partial charge in [-0.15, -0.1) is 0 Å². The van der Waals surface area contributed by atoms with Crippen LogP contribution in [0.25, 0.3) is 0 Å². The van der Waals surface area contributed by atoms with Crippen molar-refractivity contribution < 1.29 is 9.53 Å². The summed E-state index contributed by atoms with van der Waals surface area (Å²) in [7, 11) is 1.75. The van der Waals surface area contributed by atoms with Crippen molar-refractivity contribution >= 4 is 6.03 Å². The van der Waals surface area contributed by atoms with Gasteiger partial charge in [0.2, 0.25) is 0 Å². The van der Waals surface area contributed by atoms with E-state index < -0.39 is 0 Å². The summed E-state index contributed by atoms with van der Waals surface area (Å²) >= 11 is 0. The number of carbonyl (C=O) groups excluding carboxylic acids is 1. The Morgan fingerprint density at radius 1 is 1.24 bits per heavy atom. The lowest BCUT2D eigenvalue weighted by Crippen LogP contribution is -2.47. The Hall–Kier alpha value is -0.770. The number of amides is 2. The molecule has 4 nitrogen and oxygen atoms in total. The fourth-order valence-electron chi connectivity index (χ4n) is 2.87. The van der Waals surface area contributed by atoms with Gasteiger partial charge in [0.05, 0.1) is 0 Å². The van der Waals surface area contributed by atoms with Crippen LogP contribution in [-0.2, 0) is 4.74 Å². The number of rotatable bonds is 3. The van der Waals surface area contributed by atoms with Crippen LogP contribution in [0.5, 0.6) is 0 Å². The van der Waals surface area contributed by atoms with Gasteiger partial charge in [0.15, 0.2) is 0 Å². The van der Waals surface area contributed by atoms with Crippen molar-refractivity contribution in [1.82, 2.24) is 10.2 Å². The van der Waals surface area contributed by atoms with Crippen molar-refractivity contribution in [3.8, 4) is 0 Å². The van der Waals surface area contributed by atoms with Crippen molar-refractivity contribution in [2.45, 2.75) is 44.6 Å². The van der Waals surface area contributed by atoms with E-state index in [4.69, 9.17) is 4.74 Å². The van der Waals surface area contributed by atoms with E-state index in [2.05, 4.69) is 5.32 Å². The molecule has 2 fully saturated rings. The molecule has 0 bridgehead atoms. The van der Waals surface area contributed by atoms with Gasteiger partial charge in [-0.05, 0) is 31.6 Å². The number of ether oxygens (including phenoxy) is 1. The van der Waals surface area contributed by atoms with Crippen LogP contribution in [0.2, 0.25) is 0 Å². The number of methoxy groups -OCH3 is 1. The number of hydrogen-bond donors (Lipinski definition) is 1. The van der Waals surface area contributed by atoms with Gasteiger partial charge in [-0.1, -0.05) is 12.8 Å². The van der Waals surface area contributed by atoms with Gasteiger partial charge in [0.1, 0.15) is 0 Å². The van der Waals surface area contributed by atoms with Crippen LogP contribution in [0.15, 0.2) is 0 Å². The quantitative estimate of drug-likeness (QED) is 0.819. The zero-order valence-corrected chi connectivity index (χ0v) is 10.8. The fraction of sp³-hybridized carbons (Fsp3) is 0.923. The molecule has 1 heterocycles. The first-order valence-corrected chi connectivity index (χ1v) is 6.84. The summed E-state index contributed by atoms with van der Waals surface area (Å²) in [5.74, 6) is 0.635. The van der Waals surface area contributed by atoms with Gasteiger partial charge < -0.3 is 15.0 Å². The summed E-state index contributed by atoms with van der Waals surface area (Å²) in [4.78, 5) is 14.0. The van der Waals surface area contributed by atoms with Gasteiger partial charge >= 0.3 is 6.03 Å². The standard InChI is InChI=1S/C13H24N2O2/c1-17-10-11-6-8-15(9-7-11)13(16)14-12-4-2-3-5-12/h11-12H,2-10H2,1H3,(H,14,16). The predicted octanol–water partition coefficient (Wildman–Crippen LogP) is 2.00. The monoisotopic (exact) mass is 240 g/mol. The molecule has 98 valence electrons. The lowest BCUT2D eigenvalue weighted by Gasteiger charge is -2.32. The van der Waals surface area contributed by atoms with Gasteiger partial charge in [0.25, 0.3) is 0 Å². The summed E-state index contributed by atoms with van der Waals surface area (Å²) in [5, 5.41) is 3.15. The molecule has 17 heavy (non-hydrogen) atoms. The second-order valence-corrected chi connectivity index (χ2v) is 5.32. The Morgan fingerprint density at radius 3 is 2.47 bits per heavy atom. The molecule has 1 N–H and O–H groups in total. The molecule has 0 atom stereocenters. The predicted molar refractivity (Wildman–Crippen MR) is 67.0 cm³/mol. The number of urea groups is 1. The summed E-state index contributed by atoms with van der Waals surface area (Å²) in [6.45, 7) is 2.59. The van der Waals surface area contributed by atoms with E-state index in [-0.39, 0.29) is 6.03 Å². The zero-order chi connectivity index (χ0) is 12.1. The summed E-state index contributed by atoms with van der Waals surface area (Å²) in [5.41, 5.74) is 0. The summed E-state index contributed by atoms with van der Waals surface area (Å²) in [6.07, 6.45) is 7.00. The van der Waals surface area contributed by atoms with E-state index in [0.29, 0.717) is 12.0 Å². The van der Waals surface area contributed by atoms with Crippen LogP contribution in [0.4, 0.5) is 4.79 Å². The lowest BCUT2D eigenvalue weighted by atomic mass is 9.98. The molecular formula is C13H24N2O2. The molecule has 1 aliphatic carbocycles. The first-order valence-electron chi connectivity index (χ1n) is 6.84. The third kappa shape index (κ3) is 3.60. The first kappa shape index (κ1) is 12.7. The third-order valence-corrected chi connectivity index (χ3v) is 3.99. The van der Waals surface area contributed by atoms with E-state index in [1.165, 1.54) is 12.8 Å². The molecular weight excluding hydrogens is 216 g/mol. The van der Waals surface area contributed by atoms with Crippen LogP contribution < -0.4 is 5.32 Å². The molecule has 0 aromatic carbocycles. The molecule has 2 amide bonds. The molecule has 0 spiro atoms. The van der Waals surface area contributed by atoms with Crippen molar-refractivity contribution in [3.05, 3.63) is 0 Å². The fourth-order valence-corrected chi connectivity index (χ4v) is 2.87. The maximum absolute atomic E-state index is 12.0. The molecule has 1 aliphatic heterocycles. The Labute approximate surface area is 104 Å². The van der Waals surface area contributed by atoms with E-state index in [1.807, 2.05) is 4.90 Å². The summed E-state index contributed by atoms with van der Waals surface area (Å²) in [6, 6.07) is 0.576. The van der Waals surface area contributed by atoms with Gasteiger partial charge in [-0.25, -0.2) is 4.79 Å². The molecule has 0 aromatic rings. The Bertz CT molecular complexity index is 244. The SMILES string of the molecule is COCC1CCN(C(=O)NC2CCCC2)CC1. The van der Waals surface area contributed by atoms with Crippen LogP contribution in [0.3, 0.4) is 0 Å². The van der Waals surface area contributed by atoms with E-state index in [9.17, 15) is 4.79 Å². The Balaban J connectivity index is 1.70. The second-order valence-electron chi connectivity index (χ2n) is 5.32. The smallest absolute Gasteiger partial charge is 0.317 e. The van der Waals surface area contributed by atoms with Gasteiger partial charge in [-0.3, -0.25) is 0 Å². The van der Waals surface area contributed by atoms with Gasteiger partial charge in [-0.2, -0.15) is 0 Å². The highest BCUT2D eigenvalue weighted by Gasteiger charge is 2.25. The number of hydrogen-bond acceptors (Lipinski definition) is 2. The third-order valence-electron chi connectivity index (χ3n) is 3.99. The van der Waals surface area contributed by atoms with Crippen molar-refractivity contribution in [3.63, 3.8) is 0 Å². The molecule has 2 rings (SSSR count). The Morgan fingerprint density at radius 2 is 1.88 bits per heavy atom. The van der Waals surface area contributed by atoms with Crippen LogP contribution in [0, 0.1) is 5.92 Å². The topological polar surface area (TPSA) is 41.6 Å². The van der Waals surface area contributed by atoms with E-state index in [0.717, 1.165) is 45.4 Å². The number of likely N-dealkylation sites (tertiary alicyclic amines) is 1. The van der Waals surface area contributed by atoms with Gasteiger partial charge in [0, 0.05) is 32.8 Å². The minimum Gasteiger partial charge on any atom is -0.384 e. The maximum Gasteiger partial charge on any atom is 0.317 e. The molecule has 0 unspecified atom stereocenters. The van der Waals surface area contributed by atoms with Crippen molar-refractivity contribution in [2.24, 2.45) is 5.92 Å². The highest BCUT2D eigenvalue weighted by molar-refractivity contribution is 5.74. The van der Waals surface area contributed by atoms with Crippen LogP contribution in [0.1, 0.15) is 38.5 Å². The molecule has 0 aromatic heterocycles. The maximum atomic E-state index is 12.0. The number of nitrogens with zero attached hydrogens (tertiary/aromatic N) is 1. The minimum atomic E-state index is 0.146. The molecule has 4 heteroatoms. The highest BCUT2D eigenvalue weighted by Crippen LogP contribution is 2.20. The van der Waals surface area contributed by atoms with Crippen molar-refractivity contribution in [1.29, 1.82) is 0 Å². The zero-order valence-electron chi connectivity index (χ0n) is 10.8. The number of nitrogens with one attached hydrogen (secondary N) is 1. The van der Waals surface area contributed by atoms with E-state index >= 15 is 0 Å². The van der Waals surface area contributed by atoms with Crippen LogP contribution >= 0.6 is 0 Å². The Kier molecular flexibility index (Phi) is 4.66. The minimum absolute atomic E-state index is 0.146. The van der Waals surface area contributed by atoms with Crippen molar-refractivity contribution in [2.75, 3.05) is 26.8 Å². The second kappa shape index (κ2) is 6.24. The molecule has 2 aliphatic rings.